The molecule has 0 saturated carbocycles. The van der Waals surface area contributed by atoms with Gasteiger partial charge in [0.05, 0.1) is 6.54 Å². The largest absolute Gasteiger partial charge is 0.350 e. The number of hydrogen-bond acceptors (Lipinski definition) is 2. The molecule has 1 rings (SSSR count). The van der Waals surface area contributed by atoms with Crippen LogP contribution in [0.4, 0.5) is 0 Å². The first kappa shape index (κ1) is 11.2. The topological polar surface area (TPSA) is 49.4 Å². The van der Waals surface area contributed by atoms with Gasteiger partial charge in [0, 0.05) is 13.6 Å². The first-order valence-electron chi connectivity index (χ1n) is 4.69. The molecule has 0 spiro atoms. The fourth-order valence-electron chi connectivity index (χ4n) is 1.21. The summed E-state index contributed by atoms with van der Waals surface area (Å²) < 4.78 is 0. The van der Waals surface area contributed by atoms with Crippen LogP contribution < -0.4 is 5.32 Å². The van der Waals surface area contributed by atoms with Gasteiger partial charge in [-0.2, -0.15) is 0 Å². The van der Waals surface area contributed by atoms with Crippen molar-refractivity contribution in [3.8, 4) is 0 Å². The number of carbonyl (C=O) groups excluding carboxylic acids is 2. The SMILES string of the molecule is CN(Cc1ccccc1)C(=O)CNC=O. The van der Waals surface area contributed by atoms with Crippen LogP contribution in [0, 0.1) is 0 Å². The maximum atomic E-state index is 11.4. The summed E-state index contributed by atoms with van der Waals surface area (Å²) in [6.45, 7) is 0.604. The van der Waals surface area contributed by atoms with E-state index < -0.39 is 0 Å². The van der Waals surface area contributed by atoms with E-state index >= 15 is 0 Å². The van der Waals surface area contributed by atoms with E-state index in [2.05, 4.69) is 5.32 Å². The average molecular weight is 206 g/mol. The second kappa shape index (κ2) is 5.80. The van der Waals surface area contributed by atoms with Gasteiger partial charge < -0.3 is 10.2 Å². The molecule has 1 aromatic rings. The molecule has 0 heterocycles. The smallest absolute Gasteiger partial charge is 0.241 e. The van der Waals surface area contributed by atoms with Gasteiger partial charge in [-0.05, 0) is 5.56 Å². The third kappa shape index (κ3) is 3.81. The fourth-order valence-corrected chi connectivity index (χ4v) is 1.21. The molecule has 0 fully saturated rings. The lowest BCUT2D eigenvalue weighted by Gasteiger charge is -2.16. The van der Waals surface area contributed by atoms with Crippen LogP contribution in [0.15, 0.2) is 30.3 Å². The van der Waals surface area contributed by atoms with Crippen LogP contribution in [-0.4, -0.2) is 30.8 Å². The highest BCUT2D eigenvalue weighted by Crippen LogP contribution is 2.02. The Balaban J connectivity index is 2.45. The lowest BCUT2D eigenvalue weighted by Crippen LogP contribution is -2.34. The molecular weight excluding hydrogens is 192 g/mol. The summed E-state index contributed by atoms with van der Waals surface area (Å²) in [7, 11) is 1.71. The van der Waals surface area contributed by atoms with Gasteiger partial charge in [-0.15, -0.1) is 0 Å². The lowest BCUT2D eigenvalue weighted by atomic mass is 10.2. The summed E-state index contributed by atoms with van der Waals surface area (Å²) in [4.78, 5) is 23.0. The average Bonchev–Trinajstić information content (AvgIpc) is 2.27. The summed E-state index contributed by atoms with van der Waals surface area (Å²) in [5.74, 6) is -0.106. The summed E-state index contributed by atoms with van der Waals surface area (Å²) in [6, 6.07) is 9.70. The zero-order valence-corrected chi connectivity index (χ0v) is 8.64. The highest BCUT2D eigenvalue weighted by molar-refractivity contribution is 5.79. The molecule has 4 nitrogen and oxygen atoms in total. The maximum absolute atomic E-state index is 11.4. The molecule has 0 aliphatic carbocycles. The molecule has 0 atom stereocenters. The van der Waals surface area contributed by atoms with E-state index in [-0.39, 0.29) is 12.5 Å². The molecule has 0 bridgehead atoms. The monoisotopic (exact) mass is 206 g/mol. The van der Waals surface area contributed by atoms with E-state index in [0.717, 1.165) is 5.56 Å². The predicted molar refractivity (Wildman–Crippen MR) is 57.0 cm³/mol. The van der Waals surface area contributed by atoms with E-state index in [4.69, 9.17) is 0 Å². The minimum absolute atomic E-state index is 0.0484. The first-order chi connectivity index (χ1) is 7.24. The lowest BCUT2D eigenvalue weighted by molar-refractivity contribution is -0.130. The molecule has 1 N–H and O–H groups in total. The standard InChI is InChI=1S/C11H14N2O2/c1-13(11(15)7-12-9-14)8-10-5-3-2-4-6-10/h2-6,9H,7-8H2,1H3,(H,12,14). The van der Waals surface area contributed by atoms with Crippen molar-refractivity contribution in [3.63, 3.8) is 0 Å². The van der Waals surface area contributed by atoms with E-state index in [1.807, 2.05) is 30.3 Å². The number of hydrogen-bond donors (Lipinski definition) is 1. The van der Waals surface area contributed by atoms with E-state index in [1.54, 1.807) is 11.9 Å². The van der Waals surface area contributed by atoms with Crippen LogP contribution in [0.3, 0.4) is 0 Å². The summed E-state index contributed by atoms with van der Waals surface area (Å²) in [5, 5.41) is 2.34. The van der Waals surface area contributed by atoms with Crippen LogP contribution in [0.5, 0.6) is 0 Å². The third-order valence-corrected chi connectivity index (χ3v) is 2.02. The second-order valence-corrected chi connectivity index (χ2v) is 3.23. The summed E-state index contributed by atoms with van der Waals surface area (Å²) >= 11 is 0. The van der Waals surface area contributed by atoms with Gasteiger partial charge in [-0.1, -0.05) is 30.3 Å². The van der Waals surface area contributed by atoms with Gasteiger partial charge in [-0.25, -0.2) is 0 Å². The number of carbonyl (C=O) groups is 2. The zero-order chi connectivity index (χ0) is 11.1. The van der Waals surface area contributed by atoms with Crippen molar-refractivity contribution in [2.45, 2.75) is 6.54 Å². The Morgan fingerprint density at radius 3 is 2.67 bits per heavy atom. The van der Waals surface area contributed by atoms with Crippen LogP contribution >= 0.6 is 0 Å². The van der Waals surface area contributed by atoms with Gasteiger partial charge in [0.15, 0.2) is 0 Å². The Morgan fingerprint density at radius 2 is 2.07 bits per heavy atom. The van der Waals surface area contributed by atoms with Gasteiger partial charge in [-0.3, -0.25) is 9.59 Å². The van der Waals surface area contributed by atoms with Crippen molar-refractivity contribution in [3.05, 3.63) is 35.9 Å². The Kier molecular flexibility index (Phi) is 4.34. The molecule has 15 heavy (non-hydrogen) atoms. The fraction of sp³-hybridized carbons (Fsp3) is 0.273. The van der Waals surface area contributed by atoms with Gasteiger partial charge in [0.1, 0.15) is 0 Å². The quantitative estimate of drug-likeness (QED) is 0.708. The molecular formula is C11H14N2O2. The normalized spacial score (nSPS) is 9.40. The molecule has 0 radical (unpaired) electrons. The number of nitrogens with one attached hydrogen (secondary N) is 1. The molecule has 0 aliphatic rings. The van der Waals surface area contributed by atoms with Crippen LogP contribution in [0.2, 0.25) is 0 Å². The number of likely N-dealkylation sites (N-methyl/N-ethyl adjacent to an activating group) is 1. The van der Waals surface area contributed by atoms with Crippen molar-refractivity contribution in [1.29, 1.82) is 0 Å². The van der Waals surface area contributed by atoms with Crippen molar-refractivity contribution in [1.82, 2.24) is 10.2 Å². The Hall–Kier alpha value is -1.84. The molecule has 0 aromatic heterocycles. The summed E-state index contributed by atoms with van der Waals surface area (Å²) in [5.41, 5.74) is 1.07. The Labute approximate surface area is 88.9 Å². The predicted octanol–water partition coefficient (Wildman–Crippen LogP) is 0.391. The molecule has 0 saturated heterocycles. The molecule has 1 aromatic carbocycles. The molecule has 0 aliphatic heterocycles. The molecule has 2 amide bonds. The minimum atomic E-state index is -0.106. The first-order valence-corrected chi connectivity index (χ1v) is 4.69. The van der Waals surface area contributed by atoms with E-state index in [0.29, 0.717) is 13.0 Å². The third-order valence-electron chi connectivity index (χ3n) is 2.02. The molecule has 4 heteroatoms. The molecule has 0 unspecified atom stereocenters. The van der Waals surface area contributed by atoms with E-state index in [9.17, 15) is 9.59 Å². The minimum Gasteiger partial charge on any atom is -0.350 e. The highest BCUT2D eigenvalue weighted by atomic mass is 16.2. The van der Waals surface area contributed by atoms with Gasteiger partial charge >= 0.3 is 0 Å². The number of rotatable bonds is 5. The number of benzene rings is 1. The molecule has 80 valence electrons. The van der Waals surface area contributed by atoms with Crippen LogP contribution in [0.25, 0.3) is 0 Å². The van der Waals surface area contributed by atoms with Crippen LogP contribution in [-0.2, 0) is 16.1 Å². The maximum Gasteiger partial charge on any atom is 0.241 e. The van der Waals surface area contributed by atoms with Crippen LogP contribution in [0.1, 0.15) is 5.56 Å². The number of amides is 2. The van der Waals surface area contributed by atoms with Crippen molar-refractivity contribution >= 4 is 12.3 Å². The Bertz CT molecular complexity index is 325. The summed E-state index contributed by atoms with van der Waals surface area (Å²) in [6.07, 6.45) is 0.522. The van der Waals surface area contributed by atoms with Gasteiger partial charge in [0.25, 0.3) is 0 Å². The van der Waals surface area contributed by atoms with Crippen molar-refractivity contribution in [2.75, 3.05) is 13.6 Å². The zero-order valence-electron chi connectivity index (χ0n) is 8.64. The van der Waals surface area contributed by atoms with E-state index in [1.165, 1.54) is 0 Å². The van der Waals surface area contributed by atoms with Gasteiger partial charge in [0.2, 0.25) is 12.3 Å². The number of nitrogens with zero attached hydrogens (tertiary/aromatic N) is 1. The Morgan fingerprint density at radius 1 is 1.40 bits per heavy atom. The van der Waals surface area contributed by atoms with Crippen molar-refractivity contribution in [2.24, 2.45) is 0 Å². The second-order valence-electron chi connectivity index (χ2n) is 3.23. The highest BCUT2D eigenvalue weighted by Gasteiger charge is 2.07. The van der Waals surface area contributed by atoms with Crippen molar-refractivity contribution < 1.29 is 9.59 Å².